The van der Waals surface area contributed by atoms with Gasteiger partial charge in [-0.15, -0.1) is 0 Å². The van der Waals surface area contributed by atoms with E-state index in [0.29, 0.717) is 42.1 Å². The van der Waals surface area contributed by atoms with E-state index in [1.54, 1.807) is 22.9 Å². The maximum absolute atomic E-state index is 12.6. The smallest absolute Gasteiger partial charge is 0.340 e. The number of amides is 1. The second-order valence-corrected chi connectivity index (χ2v) is 8.37. The predicted octanol–water partition coefficient (Wildman–Crippen LogP) is 3.78. The average Bonchev–Trinajstić information content (AvgIpc) is 3.04. The Hall–Kier alpha value is -2.84. The Balaban J connectivity index is 1.78. The van der Waals surface area contributed by atoms with Gasteiger partial charge in [0.05, 0.1) is 37.3 Å². The Morgan fingerprint density at radius 1 is 1.31 bits per heavy atom. The van der Waals surface area contributed by atoms with Crippen LogP contribution in [0.2, 0.25) is 5.15 Å². The molecule has 1 aliphatic rings. The third-order valence-electron chi connectivity index (χ3n) is 5.09. The van der Waals surface area contributed by atoms with Gasteiger partial charge in [-0.2, -0.15) is 5.10 Å². The highest BCUT2D eigenvalue weighted by Crippen LogP contribution is 2.26. The molecule has 0 spiro atoms. The number of carbonyl (C=O) groups is 2. The molecular weight excluding hydrogens is 432 g/mol. The highest BCUT2D eigenvalue weighted by Gasteiger charge is 2.18. The molecule has 1 saturated heterocycles. The first-order valence-electron chi connectivity index (χ1n) is 10.6. The molecule has 3 rings (SSSR count). The van der Waals surface area contributed by atoms with Crippen molar-refractivity contribution in [1.29, 1.82) is 0 Å². The molecule has 0 bridgehead atoms. The van der Waals surface area contributed by atoms with Crippen molar-refractivity contribution in [2.75, 3.05) is 43.6 Å². The van der Waals surface area contributed by atoms with E-state index < -0.39 is 5.97 Å². The van der Waals surface area contributed by atoms with Gasteiger partial charge in [0.2, 0.25) is 5.91 Å². The monoisotopic (exact) mass is 460 g/mol. The molecule has 0 aliphatic carbocycles. The molecular formula is C23H29ClN4O4. The Kier molecular flexibility index (Phi) is 7.93. The Morgan fingerprint density at radius 3 is 2.69 bits per heavy atom. The lowest BCUT2D eigenvalue weighted by Crippen LogP contribution is -2.36. The maximum atomic E-state index is 12.6. The molecule has 2 heterocycles. The van der Waals surface area contributed by atoms with Crippen LogP contribution < -0.4 is 10.2 Å². The third kappa shape index (κ3) is 5.69. The number of anilines is 2. The molecule has 1 amide bonds. The minimum atomic E-state index is -0.520. The van der Waals surface area contributed by atoms with Crippen LogP contribution in [0.4, 0.5) is 11.4 Å². The number of ether oxygens (including phenoxy) is 2. The van der Waals surface area contributed by atoms with Crippen molar-refractivity contribution in [1.82, 2.24) is 9.78 Å². The number of aromatic nitrogens is 2. The van der Waals surface area contributed by atoms with Crippen LogP contribution in [0.1, 0.15) is 35.5 Å². The predicted molar refractivity (Wildman–Crippen MR) is 125 cm³/mol. The minimum Gasteiger partial charge on any atom is -0.465 e. The average molecular weight is 461 g/mol. The van der Waals surface area contributed by atoms with Gasteiger partial charge in [0, 0.05) is 37.0 Å². The number of hydrogen-bond acceptors (Lipinski definition) is 6. The first-order valence-corrected chi connectivity index (χ1v) is 10.9. The summed E-state index contributed by atoms with van der Waals surface area (Å²) in [7, 11) is 1.31. The number of benzene rings is 1. The largest absolute Gasteiger partial charge is 0.465 e. The second kappa shape index (κ2) is 10.7. The number of rotatable bonds is 7. The number of aryl methyl sites for hydroxylation is 1. The molecule has 1 aromatic heterocycles. The first-order chi connectivity index (χ1) is 15.3. The third-order valence-corrected chi connectivity index (χ3v) is 5.49. The van der Waals surface area contributed by atoms with E-state index in [9.17, 15) is 9.59 Å². The van der Waals surface area contributed by atoms with E-state index >= 15 is 0 Å². The number of halogens is 1. The van der Waals surface area contributed by atoms with Gasteiger partial charge in [0.15, 0.2) is 0 Å². The molecule has 2 aromatic rings. The van der Waals surface area contributed by atoms with Gasteiger partial charge in [-0.05, 0) is 37.1 Å². The summed E-state index contributed by atoms with van der Waals surface area (Å²) in [5.74, 6) is -0.515. The summed E-state index contributed by atoms with van der Waals surface area (Å²) in [5.41, 5.74) is 2.98. The Morgan fingerprint density at radius 2 is 2.03 bits per heavy atom. The molecule has 1 aromatic carbocycles. The topological polar surface area (TPSA) is 85.7 Å². The zero-order valence-electron chi connectivity index (χ0n) is 18.9. The van der Waals surface area contributed by atoms with E-state index in [-0.39, 0.29) is 11.5 Å². The summed E-state index contributed by atoms with van der Waals surface area (Å²) >= 11 is 6.44. The fourth-order valence-corrected chi connectivity index (χ4v) is 3.80. The summed E-state index contributed by atoms with van der Waals surface area (Å²) in [5, 5.41) is 7.70. The SMILES string of the molecule is COC(=O)c1cc(N2CCOCC2)ccc1NC(=O)/C=C/c1c(C)nn(CC(C)C)c1Cl. The van der Waals surface area contributed by atoms with Gasteiger partial charge in [0.25, 0.3) is 0 Å². The van der Waals surface area contributed by atoms with Gasteiger partial charge in [0.1, 0.15) is 5.15 Å². The van der Waals surface area contributed by atoms with E-state index in [1.165, 1.54) is 13.2 Å². The summed E-state index contributed by atoms with van der Waals surface area (Å²) in [6.07, 6.45) is 3.02. The first kappa shape index (κ1) is 23.8. The van der Waals surface area contributed by atoms with Crippen LogP contribution in [0.3, 0.4) is 0 Å². The molecule has 1 N–H and O–H groups in total. The highest BCUT2D eigenvalue weighted by molar-refractivity contribution is 6.31. The molecule has 8 nitrogen and oxygen atoms in total. The van der Waals surface area contributed by atoms with Gasteiger partial charge in [-0.1, -0.05) is 25.4 Å². The lowest BCUT2D eigenvalue weighted by molar-refractivity contribution is -0.111. The normalized spacial score (nSPS) is 14.2. The molecule has 0 saturated carbocycles. The molecule has 0 unspecified atom stereocenters. The van der Waals surface area contributed by atoms with Crippen molar-refractivity contribution in [2.45, 2.75) is 27.3 Å². The second-order valence-electron chi connectivity index (χ2n) is 8.01. The minimum absolute atomic E-state index is 0.289. The molecule has 0 atom stereocenters. The van der Waals surface area contributed by atoms with Crippen LogP contribution in [-0.2, 0) is 20.8 Å². The highest BCUT2D eigenvalue weighted by atomic mass is 35.5. The quantitative estimate of drug-likeness (QED) is 0.500. The van der Waals surface area contributed by atoms with Gasteiger partial charge in [-0.25, -0.2) is 4.79 Å². The van der Waals surface area contributed by atoms with Crippen LogP contribution in [0.25, 0.3) is 6.08 Å². The summed E-state index contributed by atoms with van der Waals surface area (Å²) in [6.45, 7) is 9.44. The van der Waals surface area contributed by atoms with Crippen LogP contribution in [0.15, 0.2) is 24.3 Å². The van der Waals surface area contributed by atoms with E-state index in [1.807, 2.05) is 13.0 Å². The maximum Gasteiger partial charge on any atom is 0.340 e. The summed E-state index contributed by atoms with van der Waals surface area (Å²) in [6, 6.07) is 5.31. The van der Waals surface area contributed by atoms with Crippen LogP contribution in [0, 0.1) is 12.8 Å². The van der Waals surface area contributed by atoms with Crippen molar-refractivity contribution in [3.63, 3.8) is 0 Å². The number of methoxy groups -OCH3 is 1. The summed E-state index contributed by atoms with van der Waals surface area (Å²) in [4.78, 5) is 27.1. The molecule has 172 valence electrons. The zero-order chi connectivity index (χ0) is 23.3. The molecule has 1 aliphatic heterocycles. The van der Waals surface area contributed by atoms with E-state index in [0.717, 1.165) is 24.5 Å². The molecule has 1 fully saturated rings. The Labute approximate surface area is 193 Å². The Bertz CT molecular complexity index is 1010. The zero-order valence-corrected chi connectivity index (χ0v) is 19.6. The number of hydrogen-bond donors (Lipinski definition) is 1. The van der Waals surface area contributed by atoms with Crippen molar-refractivity contribution < 1.29 is 19.1 Å². The number of carbonyl (C=O) groups excluding carboxylic acids is 2. The molecule has 32 heavy (non-hydrogen) atoms. The van der Waals surface area contributed by atoms with Crippen molar-refractivity contribution in [2.24, 2.45) is 5.92 Å². The van der Waals surface area contributed by atoms with Crippen LogP contribution >= 0.6 is 11.6 Å². The van der Waals surface area contributed by atoms with E-state index in [2.05, 4.69) is 29.2 Å². The van der Waals surface area contributed by atoms with Crippen LogP contribution in [0.5, 0.6) is 0 Å². The van der Waals surface area contributed by atoms with Gasteiger partial charge >= 0.3 is 5.97 Å². The van der Waals surface area contributed by atoms with E-state index in [4.69, 9.17) is 21.1 Å². The van der Waals surface area contributed by atoms with Gasteiger partial charge in [-0.3, -0.25) is 9.48 Å². The number of nitrogens with one attached hydrogen (secondary N) is 1. The fourth-order valence-electron chi connectivity index (χ4n) is 3.50. The van der Waals surface area contributed by atoms with Crippen LogP contribution in [-0.4, -0.2) is 55.1 Å². The molecule has 0 radical (unpaired) electrons. The summed E-state index contributed by atoms with van der Waals surface area (Å²) < 4.78 is 12.0. The number of morpholine rings is 1. The van der Waals surface area contributed by atoms with Gasteiger partial charge < -0.3 is 19.7 Å². The number of nitrogens with zero attached hydrogens (tertiary/aromatic N) is 3. The van der Waals surface area contributed by atoms with Crippen molar-refractivity contribution in [3.8, 4) is 0 Å². The fraction of sp³-hybridized carbons (Fsp3) is 0.435. The standard InChI is InChI=1S/C23H29ClN4O4/c1-15(2)14-28-22(24)18(16(3)26-28)6-8-21(29)25-20-7-5-17(13-19(20)23(30)31-4)27-9-11-32-12-10-27/h5-8,13,15H,9-12,14H2,1-4H3,(H,25,29)/b8-6+. The lowest BCUT2D eigenvalue weighted by Gasteiger charge is -2.29. The molecule has 9 heteroatoms. The lowest BCUT2D eigenvalue weighted by atomic mass is 10.1. The van der Waals surface area contributed by atoms with Crippen molar-refractivity contribution in [3.05, 3.63) is 46.2 Å². The number of esters is 1. The van der Waals surface area contributed by atoms with Crippen molar-refractivity contribution >= 4 is 40.9 Å².